The second kappa shape index (κ2) is 17.4. The normalized spacial score (nSPS) is 10.4. The number of hydrogen-bond acceptors (Lipinski definition) is 3. The second-order valence-corrected chi connectivity index (χ2v) is 7.58. The van der Waals surface area contributed by atoms with Crippen molar-refractivity contribution in [3.05, 3.63) is 23.8 Å². The van der Waals surface area contributed by atoms with Crippen molar-refractivity contribution in [1.82, 2.24) is 0 Å². The number of hydrogen-bond donors (Lipinski definition) is 3. The zero-order valence-electron chi connectivity index (χ0n) is 18.0. The van der Waals surface area contributed by atoms with Crippen LogP contribution in [0.2, 0.25) is 0 Å². The fraction of sp³-hybridized carbons (Fsp3) is 0.652. The van der Waals surface area contributed by atoms with Crippen LogP contribution in [0, 0.1) is 0 Å². The standard InChI is InChI=1S/C23H37NO4.Zn/c1-2-3-4-5-6-7-8-9-10-11-12-13-14-15-22(26)24-19-16-17-20(23(27)28)21(25)18-19;/h16-18,25H,2-15H2,1H3,(H,24,26)(H,27,28);. The second-order valence-electron chi connectivity index (χ2n) is 7.58. The Kier molecular flexibility index (Phi) is 16.6. The van der Waals surface area contributed by atoms with Gasteiger partial charge in [0.15, 0.2) is 0 Å². The average molecular weight is 457 g/mol. The summed E-state index contributed by atoms with van der Waals surface area (Å²) in [6.45, 7) is 2.25. The number of aromatic carboxylic acids is 1. The number of anilines is 1. The van der Waals surface area contributed by atoms with Crippen molar-refractivity contribution in [1.29, 1.82) is 0 Å². The molecule has 0 aromatic heterocycles. The van der Waals surface area contributed by atoms with E-state index in [1.807, 2.05) is 0 Å². The van der Waals surface area contributed by atoms with Gasteiger partial charge in [0, 0.05) is 37.7 Å². The number of phenols is 1. The zero-order chi connectivity index (χ0) is 20.6. The Hall–Kier alpha value is -1.42. The maximum absolute atomic E-state index is 11.9. The van der Waals surface area contributed by atoms with Gasteiger partial charge in [0.05, 0.1) is 0 Å². The van der Waals surface area contributed by atoms with E-state index >= 15 is 0 Å². The van der Waals surface area contributed by atoms with Crippen molar-refractivity contribution >= 4 is 17.6 Å². The van der Waals surface area contributed by atoms with Crippen LogP contribution >= 0.6 is 0 Å². The molecule has 0 aliphatic rings. The molecule has 0 aliphatic carbocycles. The number of unbranched alkanes of at least 4 members (excludes halogenated alkanes) is 12. The third-order valence-electron chi connectivity index (χ3n) is 5.02. The molecule has 1 amide bonds. The third kappa shape index (κ3) is 13.4. The number of amides is 1. The SMILES string of the molecule is CCCCCCCCCCCCCCCC(=O)Nc1ccc(C(=O)O)c(O)c1.[Zn]. The van der Waals surface area contributed by atoms with Gasteiger partial charge in [-0.25, -0.2) is 4.79 Å². The first-order valence-electron chi connectivity index (χ1n) is 10.9. The molecular weight excluding hydrogens is 420 g/mol. The Morgan fingerprint density at radius 3 is 1.76 bits per heavy atom. The molecule has 1 rings (SSSR count). The van der Waals surface area contributed by atoms with Crippen molar-refractivity contribution in [3.63, 3.8) is 0 Å². The van der Waals surface area contributed by atoms with Crippen LogP contribution in [0.25, 0.3) is 0 Å². The fourth-order valence-corrected chi connectivity index (χ4v) is 3.32. The maximum atomic E-state index is 11.9. The summed E-state index contributed by atoms with van der Waals surface area (Å²) in [6, 6.07) is 4.05. The molecule has 160 valence electrons. The molecular formula is C23H37NO4Zn. The molecule has 29 heavy (non-hydrogen) atoms. The molecule has 0 fully saturated rings. The molecule has 1 aromatic carbocycles. The van der Waals surface area contributed by atoms with Gasteiger partial charge in [0.25, 0.3) is 0 Å². The smallest absolute Gasteiger partial charge is 0.339 e. The van der Waals surface area contributed by atoms with E-state index in [9.17, 15) is 14.7 Å². The molecule has 0 atom stereocenters. The molecule has 3 N–H and O–H groups in total. The van der Waals surface area contributed by atoms with E-state index in [0.29, 0.717) is 12.1 Å². The molecule has 0 saturated carbocycles. The summed E-state index contributed by atoms with van der Waals surface area (Å²) in [5.41, 5.74) is 0.247. The minimum Gasteiger partial charge on any atom is -0.507 e. The summed E-state index contributed by atoms with van der Waals surface area (Å²) < 4.78 is 0. The molecule has 0 heterocycles. The molecule has 0 bridgehead atoms. The summed E-state index contributed by atoms with van der Waals surface area (Å²) in [4.78, 5) is 22.8. The molecule has 1 aromatic rings. The van der Waals surface area contributed by atoms with Crippen LogP contribution in [-0.4, -0.2) is 22.1 Å². The molecule has 0 radical (unpaired) electrons. The van der Waals surface area contributed by atoms with Gasteiger partial charge in [0.1, 0.15) is 11.3 Å². The summed E-state index contributed by atoms with van der Waals surface area (Å²) >= 11 is 0. The number of nitrogens with one attached hydrogen (secondary N) is 1. The van der Waals surface area contributed by atoms with Crippen molar-refractivity contribution in [3.8, 4) is 5.75 Å². The summed E-state index contributed by atoms with van der Waals surface area (Å²) in [5, 5.41) is 21.2. The number of carbonyl (C=O) groups is 2. The molecule has 0 aliphatic heterocycles. The van der Waals surface area contributed by atoms with Crippen LogP contribution in [0.1, 0.15) is 107 Å². The predicted octanol–water partition coefficient (Wildman–Crippen LogP) is 6.51. The van der Waals surface area contributed by atoms with Gasteiger partial charge in [-0.1, -0.05) is 84.0 Å². The van der Waals surface area contributed by atoms with Gasteiger partial charge in [-0.3, -0.25) is 4.79 Å². The van der Waals surface area contributed by atoms with Crippen molar-refractivity contribution < 1.29 is 39.3 Å². The van der Waals surface area contributed by atoms with Crippen LogP contribution in [0.3, 0.4) is 0 Å². The Morgan fingerprint density at radius 2 is 1.31 bits per heavy atom. The molecule has 0 spiro atoms. The predicted molar refractivity (Wildman–Crippen MR) is 114 cm³/mol. The number of rotatable bonds is 16. The van der Waals surface area contributed by atoms with Crippen molar-refractivity contribution in [2.75, 3.05) is 5.32 Å². The first-order valence-corrected chi connectivity index (χ1v) is 10.9. The number of carboxylic acid groups (broad SMARTS) is 1. The van der Waals surface area contributed by atoms with Gasteiger partial charge >= 0.3 is 5.97 Å². The van der Waals surface area contributed by atoms with Crippen LogP contribution in [-0.2, 0) is 24.3 Å². The minimum atomic E-state index is -1.19. The first-order chi connectivity index (χ1) is 13.5. The van der Waals surface area contributed by atoms with E-state index < -0.39 is 5.97 Å². The summed E-state index contributed by atoms with van der Waals surface area (Å²) in [6.07, 6.45) is 16.9. The minimum absolute atomic E-state index is 0. The van der Waals surface area contributed by atoms with Crippen molar-refractivity contribution in [2.45, 2.75) is 96.8 Å². The van der Waals surface area contributed by atoms with E-state index in [2.05, 4.69) is 12.2 Å². The molecule has 5 nitrogen and oxygen atoms in total. The maximum Gasteiger partial charge on any atom is 0.339 e. The molecule has 0 saturated heterocycles. The first kappa shape index (κ1) is 27.6. The Balaban J connectivity index is 0.00000784. The fourth-order valence-electron chi connectivity index (χ4n) is 3.32. The van der Waals surface area contributed by atoms with E-state index in [-0.39, 0.29) is 36.7 Å². The van der Waals surface area contributed by atoms with Crippen molar-refractivity contribution in [2.24, 2.45) is 0 Å². The van der Waals surface area contributed by atoms with Gasteiger partial charge in [0.2, 0.25) is 5.91 Å². The monoisotopic (exact) mass is 455 g/mol. The number of carbonyl (C=O) groups excluding carboxylic acids is 1. The third-order valence-corrected chi connectivity index (χ3v) is 5.02. The zero-order valence-corrected chi connectivity index (χ0v) is 21.0. The van der Waals surface area contributed by atoms with Gasteiger partial charge in [-0.15, -0.1) is 0 Å². The van der Waals surface area contributed by atoms with Gasteiger partial charge in [-0.2, -0.15) is 0 Å². The van der Waals surface area contributed by atoms with E-state index in [1.54, 1.807) is 0 Å². The Labute approximate surface area is 188 Å². The summed E-state index contributed by atoms with van der Waals surface area (Å²) in [7, 11) is 0. The van der Waals surface area contributed by atoms with Crippen LogP contribution in [0.4, 0.5) is 5.69 Å². The quantitative estimate of drug-likeness (QED) is 0.195. The topological polar surface area (TPSA) is 86.6 Å². The molecule has 6 heteroatoms. The summed E-state index contributed by atoms with van der Waals surface area (Å²) in [5.74, 6) is -1.64. The molecule has 0 unspecified atom stereocenters. The van der Waals surface area contributed by atoms with Crippen LogP contribution in [0.5, 0.6) is 5.75 Å². The number of carboxylic acids is 1. The van der Waals surface area contributed by atoms with Crippen LogP contribution in [0.15, 0.2) is 18.2 Å². The van der Waals surface area contributed by atoms with Crippen LogP contribution < -0.4 is 5.32 Å². The van der Waals surface area contributed by atoms with Gasteiger partial charge < -0.3 is 15.5 Å². The van der Waals surface area contributed by atoms with E-state index in [0.717, 1.165) is 19.3 Å². The number of aromatic hydroxyl groups is 1. The largest absolute Gasteiger partial charge is 0.507 e. The van der Waals surface area contributed by atoms with Gasteiger partial charge in [-0.05, 0) is 18.6 Å². The average Bonchev–Trinajstić information content (AvgIpc) is 2.65. The Morgan fingerprint density at radius 1 is 0.828 bits per heavy atom. The van der Waals surface area contributed by atoms with E-state index in [1.165, 1.54) is 82.4 Å². The number of benzene rings is 1. The Bertz CT molecular complexity index is 592. The van der Waals surface area contributed by atoms with E-state index in [4.69, 9.17) is 5.11 Å².